The normalized spacial score (nSPS) is 21.9. The maximum atomic E-state index is 12.2. The Balaban J connectivity index is 2.85. The zero-order valence-electron chi connectivity index (χ0n) is 20.8. The number of carbonyl (C=O) groups is 2. The summed E-state index contributed by atoms with van der Waals surface area (Å²) in [7, 11) is 0. The summed E-state index contributed by atoms with van der Waals surface area (Å²) in [6, 6.07) is 0. The first-order valence-electron chi connectivity index (χ1n) is 11.7. The molecule has 2 amide bonds. The van der Waals surface area contributed by atoms with Crippen LogP contribution in [0, 0.1) is 11.8 Å². The molecule has 2 N–H and O–H groups in total. The predicted octanol–water partition coefficient (Wildman–Crippen LogP) is 5.85. The minimum Gasteiger partial charge on any atom is -0.352 e. The van der Waals surface area contributed by atoms with E-state index in [0.29, 0.717) is 24.2 Å². The molecule has 1 aliphatic heterocycles. The molecule has 0 bridgehead atoms. The second-order valence-electron chi connectivity index (χ2n) is 8.15. The summed E-state index contributed by atoms with van der Waals surface area (Å²) < 4.78 is 0. The lowest BCUT2D eigenvalue weighted by molar-refractivity contribution is -0.118. The van der Waals surface area contributed by atoms with Gasteiger partial charge in [0.15, 0.2) is 0 Å². The molecule has 4 heteroatoms. The number of hydrogen-bond acceptors (Lipinski definition) is 2. The molecule has 180 valence electrons. The second-order valence-corrected chi connectivity index (χ2v) is 8.15. The van der Waals surface area contributed by atoms with Gasteiger partial charge in [-0.25, -0.2) is 0 Å². The number of nitrogens with one attached hydrogen (secondary N) is 2. The van der Waals surface area contributed by atoms with Gasteiger partial charge in [0, 0.05) is 24.2 Å². The van der Waals surface area contributed by atoms with Gasteiger partial charge in [-0.2, -0.15) is 0 Å². The highest BCUT2D eigenvalue weighted by molar-refractivity contribution is 5.93. The maximum absolute atomic E-state index is 12.2. The van der Waals surface area contributed by atoms with Gasteiger partial charge >= 0.3 is 0 Å². The van der Waals surface area contributed by atoms with Crippen LogP contribution in [0.25, 0.3) is 0 Å². The zero-order chi connectivity index (χ0) is 25.0. The van der Waals surface area contributed by atoms with Crippen molar-refractivity contribution in [3.63, 3.8) is 0 Å². The number of allylic oxidation sites excluding steroid dienone is 16. The summed E-state index contributed by atoms with van der Waals surface area (Å²) in [5, 5.41) is 5.91. The van der Waals surface area contributed by atoms with Gasteiger partial charge in [-0.3, -0.25) is 9.59 Å². The molecule has 0 radical (unpaired) electrons. The van der Waals surface area contributed by atoms with E-state index >= 15 is 0 Å². The van der Waals surface area contributed by atoms with Crippen molar-refractivity contribution in [2.45, 2.75) is 27.7 Å². The van der Waals surface area contributed by atoms with Gasteiger partial charge < -0.3 is 10.6 Å². The summed E-state index contributed by atoms with van der Waals surface area (Å²) in [4.78, 5) is 24.4. The fourth-order valence-electron chi connectivity index (χ4n) is 2.62. The van der Waals surface area contributed by atoms with E-state index in [9.17, 15) is 9.59 Å². The van der Waals surface area contributed by atoms with Crippen LogP contribution in [-0.4, -0.2) is 24.9 Å². The molecule has 4 nitrogen and oxygen atoms in total. The Kier molecular flexibility index (Phi) is 14.9. The molecule has 0 aromatic carbocycles. The molecule has 0 fully saturated rings. The van der Waals surface area contributed by atoms with E-state index in [-0.39, 0.29) is 23.7 Å². The van der Waals surface area contributed by atoms with Crippen LogP contribution in [0.1, 0.15) is 27.7 Å². The van der Waals surface area contributed by atoms with Crippen molar-refractivity contribution in [2.24, 2.45) is 11.8 Å². The van der Waals surface area contributed by atoms with E-state index in [0.717, 1.165) is 0 Å². The minimum absolute atomic E-state index is 0.0630. The number of rotatable bonds is 0. The molecular weight excluding hydrogens is 420 g/mol. The molecule has 0 aliphatic carbocycles. The molecule has 0 saturated heterocycles. The molecule has 1 rings (SSSR count). The average Bonchev–Trinajstić information content (AvgIpc) is 2.82. The molecular formula is C30H38N2O2. The molecule has 0 unspecified atom stereocenters. The summed E-state index contributed by atoms with van der Waals surface area (Å²) in [6.45, 7) is 8.87. The quantitative estimate of drug-likeness (QED) is 0.479. The lowest BCUT2D eigenvalue weighted by Gasteiger charge is -2.08. The average molecular weight is 459 g/mol. The van der Waals surface area contributed by atoms with E-state index in [4.69, 9.17) is 0 Å². The third-order valence-electron chi connectivity index (χ3n) is 4.79. The fourth-order valence-corrected chi connectivity index (χ4v) is 2.62. The second kappa shape index (κ2) is 17.8. The molecule has 1 heterocycles. The van der Waals surface area contributed by atoms with Gasteiger partial charge in [-0.15, -0.1) is 0 Å². The topological polar surface area (TPSA) is 58.2 Å². The van der Waals surface area contributed by atoms with Crippen LogP contribution in [-0.2, 0) is 9.59 Å². The van der Waals surface area contributed by atoms with Gasteiger partial charge in [0.2, 0.25) is 11.8 Å². The Morgan fingerprint density at radius 2 is 0.824 bits per heavy atom. The lowest BCUT2D eigenvalue weighted by Crippen LogP contribution is -2.28. The first-order valence-corrected chi connectivity index (χ1v) is 11.7. The van der Waals surface area contributed by atoms with Crippen LogP contribution in [0.3, 0.4) is 0 Å². The lowest BCUT2D eigenvalue weighted by atomic mass is 10.1. The van der Waals surface area contributed by atoms with Crippen LogP contribution in [0.15, 0.2) is 121 Å². The zero-order valence-corrected chi connectivity index (χ0v) is 20.8. The van der Waals surface area contributed by atoms with E-state index in [1.165, 1.54) is 0 Å². The molecule has 0 saturated carbocycles. The van der Waals surface area contributed by atoms with E-state index in [1.54, 1.807) is 26.0 Å². The monoisotopic (exact) mass is 458 g/mol. The van der Waals surface area contributed by atoms with E-state index in [2.05, 4.69) is 24.5 Å². The highest BCUT2D eigenvalue weighted by atomic mass is 16.2. The largest absolute Gasteiger partial charge is 0.352 e. The van der Waals surface area contributed by atoms with Gasteiger partial charge in [0.1, 0.15) is 0 Å². The van der Waals surface area contributed by atoms with E-state index < -0.39 is 0 Å². The van der Waals surface area contributed by atoms with Gasteiger partial charge in [0.05, 0.1) is 0 Å². The maximum Gasteiger partial charge on any atom is 0.246 e. The van der Waals surface area contributed by atoms with Gasteiger partial charge in [-0.05, 0) is 25.7 Å². The third-order valence-corrected chi connectivity index (χ3v) is 4.79. The Bertz CT molecular complexity index is 872. The summed E-state index contributed by atoms with van der Waals surface area (Å²) >= 11 is 0. The molecule has 0 aromatic heterocycles. The highest BCUT2D eigenvalue weighted by Crippen LogP contribution is 2.00. The van der Waals surface area contributed by atoms with Crippen LogP contribution in [0.5, 0.6) is 0 Å². The van der Waals surface area contributed by atoms with Crippen molar-refractivity contribution in [1.82, 2.24) is 10.6 Å². The molecule has 0 spiro atoms. The predicted molar refractivity (Wildman–Crippen MR) is 145 cm³/mol. The standard InChI is InChI=1S/C30H38N2O2/c1-25-19-15-11-7-5-9-13-18-22-28(4)30(34)32-24-26(2)20-16-12-8-6-10-14-17-21-27(3)29(33)31-23-25/h5-22,25-26H,23-24H2,1-4H3,(H,31,33)(H,32,34)/t25-,26-/m0/s1. The van der Waals surface area contributed by atoms with Crippen molar-refractivity contribution in [3.8, 4) is 0 Å². The van der Waals surface area contributed by atoms with Crippen LogP contribution < -0.4 is 10.6 Å². The Hall–Kier alpha value is -3.66. The van der Waals surface area contributed by atoms with Crippen LogP contribution >= 0.6 is 0 Å². The minimum atomic E-state index is -0.0630. The molecule has 2 atom stereocenters. The first kappa shape index (κ1) is 28.4. The van der Waals surface area contributed by atoms with E-state index in [1.807, 2.05) is 97.2 Å². The molecule has 1 aliphatic rings. The SMILES string of the molecule is CC1=CC=CC=CC=CC=C[C@H](C)CNC(=O)C(C)=CC=CC=CC=CC=C[C@H](C)CNC1=O. The van der Waals surface area contributed by atoms with Crippen molar-refractivity contribution in [3.05, 3.63) is 121 Å². The highest BCUT2D eigenvalue weighted by Gasteiger charge is 2.05. The Labute approximate surface area is 205 Å². The van der Waals surface area contributed by atoms with Gasteiger partial charge in [-0.1, -0.05) is 123 Å². The Morgan fingerprint density at radius 1 is 0.529 bits per heavy atom. The van der Waals surface area contributed by atoms with Gasteiger partial charge in [0.25, 0.3) is 0 Å². The van der Waals surface area contributed by atoms with Crippen molar-refractivity contribution < 1.29 is 9.59 Å². The third kappa shape index (κ3) is 14.4. The number of hydrogen-bond donors (Lipinski definition) is 2. The van der Waals surface area contributed by atoms with Crippen molar-refractivity contribution in [1.29, 1.82) is 0 Å². The molecule has 0 aromatic rings. The van der Waals surface area contributed by atoms with Crippen molar-refractivity contribution in [2.75, 3.05) is 13.1 Å². The van der Waals surface area contributed by atoms with Crippen LogP contribution in [0.2, 0.25) is 0 Å². The van der Waals surface area contributed by atoms with Crippen LogP contribution in [0.4, 0.5) is 0 Å². The summed E-state index contributed by atoms with van der Waals surface area (Å²) in [5.74, 6) is 0.316. The summed E-state index contributed by atoms with van der Waals surface area (Å²) in [5.41, 5.74) is 1.33. The first-order chi connectivity index (χ1) is 16.4. The molecule has 34 heavy (non-hydrogen) atoms. The summed E-state index contributed by atoms with van der Waals surface area (Å²) in [6.07, 6.45) is 34.5. The number of amides is 2. The smallest absolute Gasteiger partial charge is 0.246 e. The Morgan fingerprint density at radius 3 is 1.18 bits per heavy atom. The van der Waals surface area contributed by atoms with Crippen molar-refractivity contribution >= 4 is 11.8 Å². The fraction of sp³-hybridized carbons (Fsp3) is 0.267. The number of carbonyl (C=O) groups excluding carboxylic acids is 2.